The molecule has 24 aromatic rings. The number of hydrogen-bond acceptors (Lipinski definition) is 2. The number of hydrogen-bond donors (Lipinski definition) is 0. The molecule has 8 nitrogen and oxygen atoms in total. The van der Waals surface area contributed by atoms with E-state index in [1.807, 2.05) is 20.8 Å². The zero-order valence-electron chi connectivity index (χ0n) is 98.8. The molecule has 0 spiro atoms. The summed E-state index contributed by atoms with van der Waals surface area (Å²) in [5.74, 6) is 0. The number of aryl methyl sites for hydroxylation is 4. The minimum Gasteiger partial charge on any atom is -0.335 e. The highest BCUT2D eigenvalue weighted by Crippen LogP contribution is 2.55. The quantitative estimate of drug-likeness (QED) is 0.176. The normalized spacial score (nSPS) is 13.1. The van der Waals surface area contributed by atoms with Crippen LogP contribution in [0.4, 0.5) is 28.4 Å². The fraction of sp³-hybridized carbons (Fsp3) is 0.234. The summed E-state index contributed by atoms with van der Waals surface area (Å²) in [5.41, 5.74) is 33.2. The molecule has 0 atom stereocenters. The molecule has 8 heteroatoms. The van der Waals surface area contributed by atoms with Crippen LogP contribution in [0.1, 0.15) is 183 Å². The van der Waals surface area contributed by atoms with Crippen LogP contribution in [0.5, 0.6) is 0 Å². The van der Waals surface area contributed by atoms with Gasteiger partial charge in [-0.05, 0) is 291 Å². The highest BCUT2D eigenvalue weighted by atomic mass is 15.3. The van der Waals surface area contributed by atoms with Crippen LogP contribution >= 0.6 is 0 Å². The second kappa shape index (κ2) is 40.2. The molecule has 750 valence electrons. The Bertz CT molecular complexity index is 8970. The van der Waals surface area contributed by atoms with Gasteiger partial charge in [0.15, 0.2) is 0 Å². The van der Waals surface area contributed by atoms with Gasteiger partial charge in [0.1, 0.15) is 0 Å². The average Bonchev–Trinajstić information content (AvgIpc) is 1.54. The number of fused-ring (bicyclic) bond motifs is 20. The first-order valence-corrected chi connectivity index (χ1v) is 52.6. The average molecular weight is 1960 g/mol. The maximum absolute atomic E-state index is 8.49. The van der Waals surface area contributed by atoms with Gasteiger partial charge in [0.25, 0.3) is 0 Å². The Morgan fingerprint density at radius 2 is 0.436 bits per heavy atom. The van der Waals surface area contributed by atoms with E-state index in [1.54, 1.807) is 11.5 Å². The van der Waals surface area contributed by atoms with Gasteiger partial charge in [-0.1, -0.05) is 346 Å². The van der Waals surface area contributed by atoms with Crippen LogP contribution in [0.2, 0.25) is 0 Å². The summed E-state index contributed by atoms with van der Waals surface area (Å²) in [4.78, 5) is 4.80. The van der Waals surface area contributed by atoms with Crippen LogP contribution in [-0.4, -0.2) is 32.9 Å². The summed E-state index contributed by atoms with van der Waals surface area (Å²) >= 11 is 0. The summed E-state index contributed by atoms with van der Waals surface area (Å²) in [6, 6.07) is 131. The van der Waals surface area contributed by atoms with Gasteiger partial charge >= 0.3 is 0 Å². The minimum absolute atomic E-state index is 0.00498. The first-order valence-electron chi connectivity index (χ1n) is 56.1. The number of benzene rings is 18. The Morgan fingerprint density at radius 3 is 0.785 bits per heavy atom. The standard InChI is InChI=1S/C28H25N.C22H22N2.C22H21N.2C18H21N.C17H19N.C16H17N/c1-28(2,3)29-26-22(20-12-6-4-7-13-20)16-10-18-24(26)25-19-11-17-23(27(25)29)21-14-8-5-9-15-21;1-22(2,3)24-20-15-9-7-13-18(20)23(17-11-5-4-6-12-17)19-14-8-10-16-21(19)24;1-22(2,3)23-20-15-8-7-12-18(20)19-14-9-13-17(21(19)23)16-10-5-4-6-11-16;2*1-12-8-6-10-14-15-11-7-9-13(2)17(15)19(16(12)14)18(3,4)5;1-12-9-10-14-13-7-5-6-8-15(13)18(16(14)11-12)17(2,3)4;1-16(2,3)17-14-10-6-4-8-12(14)13-9-5-7-11-15(13)17/h4-19H,1-3H3;4-16H,1-3H3;4-15H,1-3H3;2*6-11H,1-5H3;5-11H,1-4H3;4-11H,1-3H3/i;;;;;5D,6D,7D,8D,9D,10D,11D;. The second-order valence-corrected chi connectivity index (χ2v) is 46.8. The van der Waals surface area contributed by atoms with E-state index >= 15 is 0 Å². The second-order valence-electron chi connectivity index (χ2n) is 46.8. The molecule has 149 heavy (non-hydrogen) atoms. The lowest BCUT2D eigenvalue weighted by Gasteiger charge is -2.46. The smallest absolute Gasteiger partial charge is 0.0699 e. The Kier molecular flexibility index (Phi) is 25.1. The predicted octanol–water partition coefficient (Wildman–Crippen LogP) is 40.2. The summed E-state index contributed by atoms with van der Waals surface area (Å²) in [7, 11) is 0. The van der Waals surface area contributed by atoms with Crippen LogP contribution in [0, 0.1) is 34.6 Å². The van der Waals surface area contributed by atoms with Crippen molar-refractivity contribution in [3.8, 4) is 33.4 Å². The van der Waals surface area contributed by atoms with Crippen molar-refractivity contribution in [3.63, 3.8) is 0 Å². The number of rotatable bonds is 4. The summed E-state index contributed by atoms with van der Waals surface area (Å²) in [5, 5.41) is 13.9. The molecule has 1 aliphatic heterocycles. The molecule has 0 N–H and O–H groups in total. The van der Waals surface area contributed by atoms with Crippen LogP contribution < -0.4 is 9.80 Å². The maximum Gasteiger partial charge on any atom is 0.0699 e. The highest BCUT2D eigenvalue weighted by molar-refractivity contribution is 6.18. The third-order valence-corrected chi connectivity index (χ3v) is 28.5. The molecule has 6 aromatic heterocycles. The molecule has 0 saturated carbocycles. The molecule has 0 amide bonds. The number of nitrogens with zero attached hydrogens (tertiary/aromatic N) is 8. The zero-order valence-corrected chi connectivity index (χ0v) is 91.8. The predicted molar refractivity (Wildman–Crippen MR) is 650 cm³/mol. The zero-order chi connectivity index (χ0) is 111. The van der Waals surface area contributed by atoms with Crippen LogP contribution in [0.25, 0.3) is 164 Å². The Hall–Kier alpha value is -15.6. The molecule has 1 aliphatic rings. The third-order valence-electron chi connectivity index (χ3n) is 28.5. The van der Waals surface area contributed by atoms with Gasteiger partial charge in [-0.3, -0.25) is 0 Å². The molecule has 7 heterocycles. The first-order chi connectivity index (χ1) is 74.0. The molecule has 0 radical (unpaired) electrons. The van der Waals surface area contributed by atoms with E-state index < -0.39 is 5.54 Å². The van der Waals surface area contributed by atoms with E-state index in [9.17, 15) is 0 Å². The maximum atomic E-state index is 8.49. The SMILES string of the molecule is CC(C)(C)N1c2ccccc2N(c2ccccc2)c2ccccc21.CC(C)(C)n1c2c(-c3ccccc3)cccc2c2cccc(-c3ccccc3)c21.CC(C)(C)n1c2ccccc2c2cccc(-c3ccccc3)c21.CC(C)(C)n1c2ccccc2c2ccccc21.Cc1cccc2c3cccc(C)c3n(C(C)(C)C)c12.Cc1cccc2c3cccc(C)c3n(C(C)(C)C)c12.[2H]c1c([2H])c([2H])c2c(c1[2H])c1c([2H])c([2H])c(C)c([2H])c1n2C(C)(C)C. The van der Waals surface area contributed by atoms with Gasteiger partial charge in [-0.15, -0.1) is 0 Å². The van der Waals surface area contributed by atoms with Crippen molar-refractivity contribution in [3.05, 3.63) is 440 Å². The molecule has 25 rings (SSSR count). The van der Waals surface area contributed by atoms with Gasteiger partial charge in [-0.25, -0.2) is 0 Å². The van der Waals surface area contributed by atoms with E-state index in [1.165, 1.54) is 193 Å². The van der Waals surface area contributed by atoms with Crippen molar-refractivity contribution < 1.29 is 9.60 Å². The lowest BCUT2D eigenvalue weighted by molar-refractivity contribution is 0.422. The summed E-state index contributed by atoms with van der Waals surface area (Å²) in [6.45, 7) is 57.1. The monoisotopic (exact) mass is 1960 g/mol. The van der Waals surface area contributed by atoms with Crippen LogP contribution in [-0.2, 0) is 33.2 Å². The van der Waals surface area contributed by atoms with Gasteiger partial charge in [0.2, 0.25) is 0 Å². The van der Waals surface area contributed by atoms with Gasteiger partial charge in [-0.2, -0.15) is 0 Å². The molecule has 18 aromatic carbocycles. The molecular weight excluding hydrogens is 1810 g/mol. The number of para-hydroxylation sites is 16. The molecule has 0 aliphatic carbocycles. The van der Waals surface area contributed by atoms with E-state index in [2.05, 4.69) is 555 Å². The van der Waals surface area contributed by atoms with Crippen LogP contribution in [0.3, 0.4) is 0 Å². The fourth-order valence-electron chi connectivity index (χ4n) is 22.8. The summed E-state index contributed by atoms with van der Waals surface area (Å²) in [6.07, 6.45) is 0. The fourth-order valence-corrected chi connectivity index (χ4v) is 22.8. The van der Waals surface area contributed by atoms with Crippen molar-refractivity contribution >= 4 is 159 Å². The van der Waals surface area contributed by atoms with E-state index in [4.69, 9.17) is 9.60 Å². The number of anilines is 5. The van der Waals surface area contributed by atoms with E-state index in [-0.39, 0.29) is 91.8 Å². The largest absolute Gasteiger partial charge is 0.335 e. The van der Waals surface area contributed by atoms with Crippen molar-refractivity contribution in [1.29, 1.82) is 0 Å². The topological polar surface area (TPSA) is 36.1 Å². The van der Waals surface area contributed by atoms with Crippen molar-refractivity contribution in [2.75, 3.05) is 9.80 Å². The Balaban J connectivity index is 0.000000114. The molecule has 0 bridgehead atoms. The molecule has 0 unspecified atom stereocenters. The lowest BCUT2D eigenvalue weighted by Crippen LogP contribution is -2.40. The van der Waals surface area contributed by atoms with Crippen LogP contribution in [0.15, 0.2) is 412 Å². The molecule has 0 fully saturated rings. The van der Waals surface area contributed by atoms with E-state index in [0.717, 1.165) is 0 Å². The van der Waals surface area contributed by atoms with E-state index in [0.29, 0.717) is 11.1 Å². The van der Waals surface area contributed by atoms with Crippen molar-refractivity contribution in [2.45, 2.75) is 219 Å². The Labute approximate surface area is 892 Å². The minimum atomic E-state index is -0.573. The number of aromatic nitrogens is 6. The highest BCUT2D eigenvalue weighted by Gasteiger charge is 2.36. The van der Waals surface area contributed by atoms with Gasteiger partial charge < -0.3 is 37.2 Å². The van der Waals surface area contributed by atoms with Gasteiger partial charge in [0, 0.05) is 153 Å². The molecular formula is C141H146N8. The Morgan fingerprint density at radius 1 is 0.181 bits per heavy atom. The van der Waals surface area contributed by atoms with Crippen molar-refractivity contribution in [2.24, 2.45) is 0 Å². The molecule has 0 saturated heterocycles. The first kappa shape index (κ1) is 93.2. The van der Waals surface area contributed by atoms with Crippen molar-refractivity contribution in [1.82, 2.24) is 27.4 Å². The lowest BCUT2D eigenvalue weighted by atomic mass is 9.98. The summed E-state index contributed by atoms with van der Waals surface area (Å²) < 4.78 is 71.8. The third kappa shape index (κ3) is 19.5. The van der Waals surface area contributed by atoms with Gasteiger partial charge in [0.05, 0.1) is 71.0 Å².